The molecule has 0 spiro atoms. The highest BCUT2D eigenvalue weighted by molar-refractivity contribution is 7.89. The van der Waals surface area contributed by atoms with Crippen LogP contribution in [0.15, 0.2) is 17.0 Å². The van der Waals surface area contributed by atoms with Crippen molar-refractivity contribution in [2.75, 3.05) is 32.5 Å². The number of benzene rings is 1. The Balaban J connectivity index is 3.25. The standard InChI is InChI=1S/C12H15Cl2N3O3S/c1-20-6-5-17(4-2-3-15)21(18,19)12-10(13)7-9(16)8-11(12)14/h7-8H,2,4-6,16H2,1H3. The lowest BCUT2D eigenvalue weighted by Crippen LogP contribution is -2.35. The number of nitriles is 1. The van der Waals surface area contributed by atoms with Crippen molar-refractivity contribution in [1.29, 1.82) is 5.26 Å². The summed E-state index contributed by atoms with van der Waals surface area (Å²) in [6, 6.07) is 4.54. The minimum atomic E-state index is -3.94. The lowest BCUT2D eigenvalue weighted by molar-refractivity contribution is 0.179. The van der Waals surface area contributed by atoms with Crippen LogP contribution < -0.4 is 5.73 Å². The van der Waals surface area contributed by atoms with E-state index in [1.54, 1.807) is 0 Å². The van der Waals surface area contributed by atoms with Gasteiger partial charge in [-0.05, 0) is 12.1 Å². The molecule has 0 aliphatic carbocycles. The van der Waals surface area contributed by atoms with E-state index >= 15 is 0 Å². The SMILES string of the molecule is COCCN(CCC#N)S(=O)(=O)c1c(Cl)cc(N)cc1Cl. The van der Waals surface area contributed by atoms with Crippen molar-refractivity contribution in [3.05, 3.63) is 22.2 Å². The average Bonchev–Trinajstić information content (AvgIpc) is 2.36. The Labute approximate surface area is 134 Å². The Morgan fingerprint density at radius 3 is 2.38 bits per heavy atom. The molecule has 0 unspecified atom stereocenters. The average molecular weight is 352 g/mol. The van der Waals surface area contributed by atoms with E-state index in [9.17, 15) is 8.42 Å². The first-order valence-corrected chi connectivity index (χ1v) is 8.14. The summed E-state index contributed by atoms with van der Waals surface area (Å²) in [5.74, 6) is 0. The Morgan fingerprint density at radius 2 is 1.90 bits per heavy atom. The number of nitrogens with zero attached hydrogens (tertiary/aromatic N) is 2. The van der Waals surface area contributed by atoms with Crippen molar-refractivity contribution in [2.24, 2.45) is 0 Å². The fourth-order valence-corrected chi connectivity index (χ4v) is 4.28. The van der Waals surface area contributed by atoms with E-state index in [0.717, 1.165) is 4.31 Å². The molecule has 1 rings (SSSR count). The molecule has 2 N–H and O–H groups in total. The van der Waals surface area contributed by atoms with Crippen LogP contribution in [0.5, 0.6) is 0 Å². The molecular weight excluding hydrogens is 337 g/mol. The van der Waals surface area contributed by atoms with E-state index in [2.05, 4.69) is 0 Å². The van der Waals surface area contributed by atoms with Crippen molar-refractivity contribution in [2.45, 2.75) is 11.3 Å². The fourth-order valence-electron chi connectivity index (χ4n) is 1.67. The minimum Gasteiger partial charge on any atom is -0.399 e. The molecule has 0 aromatic heterocycles. The van der Waals surface area contributed by atoms with Gasteiger partial charge in [-0.1, -0.05) is 23.2 Å². The number of sulfonamides is 1. The molecule has 0 aliphatic heterocycles. The molecule has 9 heteroatoms. The summed E-state index contributed by atoms with van der Waals surface area (Å²) in [6.07, 6.45) is 0.0488. The monoisotopic (exact) mass is 351 g/mol. The number of hydrogen-bond donors (Lipinski definition) is 1. The number of hydrogen-bond acceptors (Lipinski definition) is 5. The molecule has 1 aromatic carbocycles. The summed E-state index contributed by atoms with van der Waals surface area (Å²) >= 11 is 11.9. The van der Waals surface area contributed by atoms with E-state index in [4.69, 9.17) is 38.9 Å². The van der Waals surface area contributed by atoms with Crippen LogP contribution in [-0.2, 0) is 14.8 Å². The van der Waals surface area contributed by atoms with Gasteiger partial charge < -0.3 is 10.5 Å². The van der Waals surface area contributed by atoms with Crippen LogP contribution in [-0.4, -0.2) is 39.5 Å². The molecule has 0 amide bonds. The quantitative estimate of drug-likeness (QED) is 0.759. The Morgan fingerprint density at radius 1 is 1.33 bits per heavy atom. The predicted molar refractivity (Wildman–Crippen MR) is 81.7 cm³/mol. The second kappa shape index (κ2) is 7.82. The third kappa shape index (κ3) is 4.46. The zero-order valence-electron chi connectivity index (χ0n) is 11.3. The van der Waals surface area contributed by atoms with Crippen molar-refractivity contribution >= 4 is 38.9 Å². The molecule has 21 heavy (non-hydrogen) atoms. The molecule has 1 aromatic rings. The Hall–Kier alpha value is -1.04. The van der Waals surface area contributed by atoms with E-state index in [1.165, 1.54) is 19.2 Å². The first-order valence-electron chi connectivity index (χ1n) is 5.95. The molecule has 0 fully saturated rings. The van der Waals surface area contributed by atoms with Gasteiger partial charge in [-0.25, -0.2) is 8.42 Å². The summed E-state index contributed by atoms with van der Waals surface area (Å²) < 4.78 is 31.3. The van der Waals surface area contributed by atoms with Crippen LogP contribution >= 0.6 is 23.2 Å². The highest BCUT2D eigenvalue weighted by Gasteiger charge is 2.29. The Bertz CT molecular complexity index is 621. The fraction of sp³-hybridized carbons (Fsp3) is 0.417. The first-order chi connectivity index (χ1) is 9.84. The van der Waals surface area contributed by atoms with Crippen LogP contribution in [0.4, 0.5) is 5.69 Å². The number of anilines is 1. The molecule has 0 aliphatic rings. The molecule has 0 radical (unpaired) electrons. The van der Waals surface area contributed by atoms with Gasteiger partial charge in [0.2, 0.25) is 10.0 Å². The number of nitrogen functional groups attached to an aromatic ring is 1. The predicted octanol–water partition coefficient (Wildman–Crippen LogP) is 2.13. The highest BCUT2D eigenvalue weighted by Crippen LogP contribution is 2.33. The van der Waals surface area contributed by atoms with Crippen molar-refractivity contribution in [3.8, 4) is 6.07 Å². The third-order valence-corrected chi connectivity index (χ3v) is 5.46. The minimum absolute atomic E-state index is 0.0270. The van der Waals surface area contributed by atoms with Gasteiger partial charge in [-0.15, -0.1) is 0 Å². The second-order valence-electron chi connectivity index (χ2n) is 4.12. The van der Waals surface area contributed by atoms with Crippen molar-refractivity contribution in [1.82, 2.24) is 4.31 Å². The van der Waals surface area contributed by atoms with E-state index in [1.807, 2.05) is 6.07 Å². The van der Waals surface area contributed by atoms with E-state index < -0.39 is 10.0 Å². The van der Waals surface area contributed by atoms with Gasteiger partial charge in [0.1, 0.15) is 4.90 Å². The zero-order chi connectivity index (χ0) is 16.0. The van der Waals surface area contributed by atoms with Gasteiger partial charge in [0.05, 0.1) is 22.7 Å². The van der Waals surface area contributed by atoms with Crippen LogP contribution in [0.3, 0.4) is 0 Å². The Kier molecular flexibility index (Phi) is 6.71. The normalized spacial score (nSPS) is 11.6. The summed E-state index contributed by atoms with van der Waals surface area (Å²) in [7, 11) is -2.48. The number of rotatable bonds is 7. The molecule has 0 heterocycles. The van der Waals surface area contributed by atoms with Gasteiger partial charge in [0, 0.05) is 32.3 Å². The van der Waals surface area contributed by atoms with Gasteiger partial charge in [-0.2, -0.15) is 9.57 Å². The molecule has 6 nitrogen and oxygen atoms in total. The zero-order valence-corrected chi connectivity index (χ0v) is 13.7. The smallest absolute Gasteiger partial charge is 0.246 e. The van der Waals surface area contributed by atoms with Crippen LogP contribution in [0.25, 0.3) is 0 Å². The van der Waals surface area contributed by atoms with Gasteiger partial charge in [0.25, 0.3) is 0 Å². The largest absolute Gasteiger partial charge is 0.399 e. The lowest BCUT2D eigenvalue weighted by atomic mass is 10.3. The molecule has 116 valence electrons. The first kappa shape index (κ1) is 18.0. The molecular formula is C12H15Cl2N3O3S. The number of nitrogens with two attached hydrogens (primary N) is 1. The molecule has 0 saturated carbocycles. The topological polar surface area (TPSA) is 96.4 Å². The molecule has 0 saturated heterocycles. The lowest BCUT2D eigenvalue weighted by Gasteiger charge is -2.22. The summed E-state index contributed by atoms with van der Waals surface area (Å²) in [5, 5.41) is 8.54. The van der Waals surface area contributed by atoms with Crippen LogP contribution in [0.2, 0.25) is 10.0 Å². The maximum absolute atomic E-state index is 12.6. The van der Waals surface area contributed by atoms with Gasteiger partial charge in [-0.3, -0.25) is 0 Å². The van der Waals surface area contributed by atoms with Gasteiger partial charge in [0.15, 0.2) is 0 Å². The summed E-state index contributed by atoms with van der Waals surface area (Å²) in [4.78, 5) is -0.214. The van der Waals surface area contributed by atoms with E-state index in [0.29, 0.717) is 0 Å². The van der Waals surface area contributed by atoms with E-state index in [-0.39, 0.29) is 46.7 Å². The second-order valence-corrected chi connectivity index (χ2v) is 6.81. The maximum atomic E-state index is 12.6. The van der Waals surface area contributed by atoms with Crippen molar-refractivity contribution in [3.63, 3.8) is 0 Å². The van der Waals surface area contributed by atoms with Gasteiger partial charge >= 0.3 is 0 Å². The summed E-state index contributed by atoms with van der Waals surface area (Å²) in [5.41, 5.74) is 5.84. The number of halogens is 2. The van der Waals surface area contributed by atoms with Crippen molar-refractivity contribution < 1.29 is 13.2 Å². The number of methoxy groups -OCH3 is 1. The maximum Gasteiger partial charge on any atom is 0.246 e. The highest BCUT2D eigenvalue weighted by atomic mass is 35.5. The number of ether oxygens (including phenoxy) is 1. The third-order valence-electron chi connectivity index (χ3n) is 2.64. The van der Waals surface area contributed by atoms with Crippen LogP contribution in [0.1, 0.15) is 6.42 Å². The summed E-state index contributed by atoms with van der Waals surface area (Å²) in [6.45, 7) is 0.311. The molecule has 0 bridgehead atoms. The van der Waals surface area contributed by atoms with Crippen LogP contribution in [0, 0.1) is 11.3 Å². The molecule has 0 atom stereocenters.